The Bertz CT molecular complexity index is 154. The SMILES string of the molecule is Cl.NCc1cnccn1. The molecule has 0 saturated heterocycles. The van der Waals surface area contributed by atoms with Crippen LogP contribution in [0.15, 0.2) is 18.6 Å². The fraction of sp³-hybridized carbons (Fsp3) is 0.200. The number of hydrogen-bond acceptors (Lipinski definition) is 3. The zero-order valence-electron chi connectivity index (χ0n) is 4.82. The average Bonchev–Trinajstić information content (AvgIpc) is 1.90. The lowest BCUT2D eigenvalue weighted by Gasteiger charge is -1.88. The Labute approximate surface area is 59.7 Å². The second-order valence-corrected chi connectivity index (χ2v) is 1.40. The molecular weight excluding hydrogens is 138 g/mol. The summed E-state index contributed by atoms with van der Waals surface area (Å²) in [5, 5.41) is 0. The molecule has 0 unspecified atom stereocenters. The van der Waals surface area contributed by atoms with E-state index in [-0.39, 0.29) is 12.4 Å². The summed E-state index contributed by atoms with van der Waals surface area (Å²) < 4.78 is 0. The van der Waals surface area contributed by atoms with Crippen molar-refractivity contribution in [2.75, 3.05) is 0 Å². The van der Waals surface area contributed by atoms with Crippen molar-refractivity contribution in [1.82, 2.24) is 9.97 Å². The van der Waals surface area contributed by atoms with E-state index in [0.29, 0.717) is 6.54 Å². The van der Waals surface area contributed by atoms with E-state index >= 15 is 0 Å². The van der Waals surface area contributed by atoms with Crippen LogP contribution in [0.4, 0.5) is 0 Å². The topological polar surface area (TPSA) is 51.8 Å². The normalized spacial score (nSPS) is 8.11. The molecule has 0 aliphatic heterocycles. The summed E-state index contributed by atoms with van der Waals surface area (Å²) in [5.41, 5.74) is 6.07. The molecule has 4 heteroatoms. The van der Waals surface area contributed by atoms with Gasteiger partial charge >= 0.3 is 0 Å². The van der Waals surface area contributed by atoms with Gasteiger partial charge in [0.1, 0.15) is 0 Å². The summed E-state index contributed by atoms with van der Waals surface area (Å²) >= 11 is 0. The summed E-state index contributed by atoms with van der Waals surface area (Å²) in [7, 11) is 0. The van der Waals surface area contributed by atoms with Gasteiger partial charge in [-0.1, -0.05) is 0 Å². The van der Waals surface area contributed by atoms with E-state index in [2.05, 4.69) is 9.97 Å². The Hall–Kier alpha value is -0.670. The van der Waals surface area contributed by atoms with E-state index in [1.807, 2.05) is 0 Å². The van der Waals surface area contributed by atoms with Crippen LogP contribution in [0, 0.1) is 0 Å². The van der Waals surface area contributed by atoms with Crippen LogP contribution >= 0.6 is 12.4 Å². The number of halogens is 1. The van der Waals surface area contributed by atoms with Crippen molar-refractivity contribution in [3.8, 4) is 0 Å². The van der Waals surface area contributed by atoms with Gasteiger partial charge < -0.3 is 5.73 Å². The molecule has 0 spiro atoms. The van der Waals surface area contributed by atoms with E-state index in [4.69, 9.17) is 5.73 Å². The summed E-state index contributed by atoms with van der Waals surface area (Å²) in [6.07, 6.45) is 4.90. The first-order valence-corrected chi connectivity index (χ1v) is 2.38. The molecule has 1 rings (SSSR count). The minimum absolute atomic E-state index is 0. The lowest BCUT2D eigenvalue weighted by molar-refractivity contribution is 0.963. The fourth-order valence-electron chi connectivity index (χ4n) is 0.435. The van der Waals surface area contributed by atoms with Crippen LogP contribution < -0.4 is 5.73 Å². The predicted molar refractivity (Wildman–Crippen MR) is 37.2 cm³/mol. The predicted octanol–water partition coefficient (Wildman–Crippen LogP) is 0.357. The average molecular weight is 146 g/mol. The fourth-order valence-corrected chi connectivity index (χ4v) is 0.435. The molecule has 0 bridgehead atoms. The second kappa shape index (κ2) is 4.23. The zero-order chi connectivity index (χ0) is 5.82. The molecule has 0 radical (unpaired) electrons. The molecule has 50 valence electrons. The van der Waals surface area contributed by atoms with Crippen LogP contribution in [0.2, 0.25) is 0 Å². The summed E-state index contributed by atoms with van der Waals surface area (Å²) in [5.74, 6) is 0. The van der Waals surface area contributed by atoms with Gasteiger partial charge in [0.05, 0.1) is 5.69 Å². The molecule has 1 heterocycles. The van der Waals surface area contributed by atoms with Crippen molar-refractivity contribution in [2.45, 2.75) is 6.54 Å². The Morgan fingerprint density at radius 3 is 2.56 bits per heavy atom. The smallest absolute Gasteiger partial charge is 0.0722 e. The highest BCUT2D eigenvalue weighted by atomic mass is 35.5. The van der Waals surface area contributed by atoms with Crippen LogP contribution in [0.25, 0.3) is 0 Å². The van der Waals surface area contributed by atoms with Gasteiger partial charge in [0.15, 0.2) is 0 Å². The maximum atomic E-state index is 5.25. The van der Waals surface area contributed by atoms with Gasteiger partial charge in [-0.05, 0) is 0 Å². The maximum absolute atomic E-state index is 5.25. The molecule has 2 N–H and O–H groups in total. The molecule has 0 aromatic carbocycles. The maximum Gasteiger partial charge on any atom is 0.0722 e. The highest BCUT2D eigenvalue weighted by molar-refractivity contribution is 5.85. The van der Waals surface area contributed by atoms with Crippen molar-refractivity contribution in [3.63, 3.8) is 0 Å². The van der Waals surface area contributed by atoms with Crippen molar-refractivity contribution in [1.29, 1.82) is 0 Å². The number of aromatic nitrogens is 2. The molecule has 0 atom stereocenters. The third-order valence-corrected chi connectivity index (χ3v) is 0.826. The van der Waals surface area contributed by atoms with Crippen molar-refractivity contribution in [2.24, 2.45) is 5.73 Å². The third kappa shape index (κ3) is 2.39. The zero-order valence-corrected chi connectivity index (χ0v) is 5.64. The summed E-state index contributed by atoms with van der Waals surface area (Å²) in [6, 6.07) is 0. The van der Waals surface area contributed by atoms with Crippen LogP contribution in [-0.2, 0) is 6.54 Å². The van der Waals surface area contributed by atoms with Gasteiger partial charge in [0.2, 0.25) is 0 Å². The molecule has 0 aliphatic carbocycles. The molecule has 9 heavy (non-hydrogen) atoms. The Morgan fingerprint density at radius 1 is 1.44 bits per heavy atom. The molecule has 0 aliphatic rings. The van der Waals surface area contributed by atoms with Crippen LogP contribution in [-0.4, -0.2) is 9.97 Å². The minimum Gasteiger partial charge on any atom is -0.325 e. The summed E-state index contributed by atoms with van der Waals surface area (Å²) in [4.78, 5) is 7.72. The lowest BCUT2D eigenvalue weighted by atomic mass is 10.5. The first kappa shape index (κ1) is 8.33. The lowest BCUT2D eigenvalue weighted by Crippen LogP contribution is -1.98. The van der Waals surface area contributed by atoms with E-state index in [9.17, 15) is 0 Å². The second-order valence-electron chi connectivity index (χ2n) is 1.40. The van der Waals surface area contributed by atoms with Crippen LogP contribution in [0.1, 0.15) is 5.69 Å². The number of rotatable bonds is 1. The standard InChI is InChI=1S/C5H7N3.ClH/c6-3-5-4-7-1-2-8-5;/h1-2,4H,3,6H2;1H. The van der Waals surface area contributed by atoms with Gasteiger partial charge in [0.25, 0.3) is 0 Å². The Balaban J connectivity index is 0.000000640. The van der Waals surface area contributed by atoms with Crippen LogP contribution in [0.5, 0.6) is 0 Å². The minimum atomic E-state index is 0. The van der Waals surface area contributed by atoms with E-state index in [0.717, 1.165) is 5.69 Å². The monoisotopic (exact) mass is 145 g/mol. The summed E-state index contributed by atoms with van der Waals surface area (Å²) in [6.45, 7) is 0.466. The van der Waals surface area contributed by atoms with E-state index in [1.54, 1.807) is 18.6 Å². The van der Waals surface area contributed by atoms with Gasteiger partial charge in [0, 0.05) is 25.1 Å². The molecule has 3 nitrogen and oxygen atoms in total. The van der Waals surface area contributed by atoms with E-state index < -0.39 is 0 Å². The van der Waals surface area contributed by atoms with Gasteiger partial charge in [-0.25, -0.2) is 0 Å². The molecule has 1 aromatic rings. The van der Waals surface area contributed by atoms with E-state index in [1.165, 1.54) is 0 Å². The van der Waals surface area contributed by atoms with Crippen molar-refractivity contribution in [3.05, 3.63) is 24.3 Å². The molecular formula is C5H8ClN3. The molecule has 0 saturated carbocycles. The van der Waals surface area contributed by atoms with Crippen LogP contribution in [0.3, 0.4) is 0 Å². The van der Waals surface area contributed by atoms with Gasteiger partial charge in [-0.3, -0.25) is 9.97 Å². The van der Waals surface area contributed by atoms with Crippen molar-refractivity contribution >= 4 is 12.4 Å². The Morgan fingerprint density at radius 2 is 2.22 bits per heavy atom. The number of hydrogen-bond donors (Lipinski definition) is 1. The first-order chi connectivity index (χ1) is 3.93. The molecule has 0 amide bonds. The third-order valence-electron chi connectivity index (χ3n) is 0.826. The highest BCUT2D eigenvalue weighted by Crippen LogP contribution is 1.83. The van der Waals surface area contributed by atoms with Gasteiger partial charge in [-0.2, -0.15) is 0 Å². The van der Waals surface area contributed by atoms with Gasteiger partial charge in [-0.15, -0.1) is 12.4 Å². The quantitative estimate of drug-likeness (QED) is 0.621. The number of nitrogens with two attached hydrogens (primary N) is 1. The molecule has 0 fully saturated rings. The Kier molecular flexibility index (Phi) is 3.92. The number of nitrogens with zero attached hydrogens (tertiary/aromatic N) is 2. The molecule has 1 aromatic heterocycles. The highest BCUT2D eigenvalue weighted by Gasteiger charge is 1.83. The first-order valence-electron chi connectivity index (χ1n) is 2.38. The van der Waals surface area contributed by atoms with Crippen molar-refractivity contribution < 1.29 is 0 Å². The largest absolute Gasteiger partial charge is 0.325 e.